The van der Waals surface area contributed by atoms with Gasteiger partial charge in [-0.3, -0.25) is 14.9 Å². The van der Waals surface area contributed by atoms with Gasteiger partial charge in [0.05, 0.1) is 11.3 Å². The molecule has 0 spiro atoms. The summed E-state index contributed by atoms with van der Waals surface area (Å²) in [7, 11) is 0. The number of halogens is 3. The summed E-state index contributed by atoms with van der Waals surface area (Å²) in [6, 6.07) is 5.83. The van der Waals surface area contributed by atoms with E-state index in [1.54, 1.807) is 6.07 Å². The van der Waals surface area contributed by atoms with Crippen LogP contribution in [0.25, 0.3) is 0 Å². The molecule has 0 aliphatic heterocycles. The van der Waals surface area contributed by atoms with E-state index in [2.05, 4.69) is 10.6 Å². The summed E-state index contributed by atoms with van der Waals surface area (Å²) in [5.74, 6) is -0.975. The lowest BCUT2D eigenvalue weighted by Gasteiger charge is -2.25. The van der Waals surface area contributed by atoms with Gasteiger partial charge in [-0.05, 0) is 13.0 Å². The van der Waals surface area contributed by atoms with Crippen LogP contribution in [-0.4, -0.2) is 40.8 Å². The molecule has 128 valence electrons. The average Bonchev–Trinajstić information content (AvgIpc) is 2.42. The maximum absolute atomic E-state index is 12.4. The van der Waals surface area contributed by atoms with Gasteiger partial charge in [-0.1, -0.05) is 12.1 Å². The fourth-order valence-electron chi connectivity index (χ4n) is 1.66. The third-order valence-electron chi connectivity index (χ3n) is 2.98. The lowest BCUT2D eigenvalue weighted by Crippen LogP contribution is -2.46. The van der Waals surface area contributed by atoms with Gasteiger partial charge in [0.15, 0.2) is 5.60 Å². The minimum Gasteiger partial charge on any atom is -0.380 e. The Balaban J connectivity index is 2.44. The van der Waals surface area contributed by atoms with Crippen LogP contribution in [0.5, 0.6) is 0 Å². The van der Waals surface area contributed by atoms with Gasteiger partial charge in [0, 0.05) is 19.2 Å². The highest BCUT2D eigenvalue weighted by molar-refractivity contribution is 5.77. The van der Waals surface area contributed by atoms with Crippen molar-refractivity contribution in [2.45, 2.75) is 25.1 Å². The monoisotopic (exact) mass is 335 g/mol. The van der Waals surface area contributed by atoms with Crippen molar-refractivity contribution in [1.82, 2.24) is 5.32 Å². The van der Waals surface area contributed by atoms with Crippen LogP contribution < -0.4 is 10.6 Å². The fourth-order valence-corrected chi connectivity index (χ4v) is 1.66. The number of anilines is 1. The first-order valence-corrected chi connectivity index (χ1v) is 6.57. The molecule has 0 fully saturated rings. The minimum atomic E-state index is -4.91. The van der Waals surface area contributed by atoms with Crippen molar-refractivity contribution in [2.24, 2.45) is 0 Å². The molecule has 0 saturated heterocycles. The Kier molecular flexibility index (Phi) is 5.91. The third-order valence-corrected chi connectivity index (χ3v) is 2.98. The fraction of sp³-hybridized carbons (Fsp3) is 0.462. The number of nitrogens with one attached hydrogen (secondary N) is 2. The van der Waals surface area contributed by atoms with Crippen molar-refractivity contribution in [1.29, 1.82) is 0 Å². The molecule has 3 N–H and O–H groups in total. The maximum atomic E-state index is 12.4. The number of amides is 1. The van der Waals surface area contributed by atoms with Crippen LogP contribution >= 0.6 is 0 Å². The molecule has 1 amide bonds. The largest absolute Gasteiger partial charge is 0.417 e. The Hall–Kier alpha value is -2.36. The molecule has 1 atom stereocenters. The molecule has 0 unspecified atom stereocenters. The Morgan fingerprint density at radius 3 is 2.48 bits per heavy atom. The molecular weight excluding hydrogens is 319 g/mol. The highest BCUT2D eigenvalue weighted by atomic mass is 19.4. The molecular formula is C13H16F3N3O4. The molecule has 23 heavy (non-hydrogen) atoms. The number of hydrogen-bond donors (Lipinski definition) is 3. The standard InChI is InChI=1S/C13H16F3N3O4/c1-12(21,13(14,15)16)8-11(20)18-7-6-17-9-4-2-3-5-10(9)19(22)23/h2-5,17,21H,6-8H2,1H3,(H,18,20)/t12-/m0/s1. The second-order valence-corrected chi connectivity index (χ2v) is 5.00. The van der Waals surface area contributed by atoms with Crippen LogP contribution in [0.4, 0.5) is 24.5 Å². The topological polar surface area (TPSA) is 104 Å². The zero-order chi connectivity index (χ0) is 17.7. The summed E-state index contributed by atoms with van der Waals surface area (Å²) in [6.45, 7) is 0.529. The van der Waals surface area contributed by atoms with E-state index in [1.807, 2.05) is 0 Å². The second-order valence-electron chi connectivity index (χ2n) is 5.00. The molecule has 0 radical (unpaired) electrons. The van der Waals surface area contributed by atoms with Gasteiger partial charge < -0.3 is 15.7 Å². The number of nitro benzene ring substituents is 1. The Morgan fingerprint density at radius 1 is 1.30 bits per heavy atom. The number of carbonyl (C=O) groups is 1. The van der Waals surface area contributed by atoms with Crippen LogP contribution in [0.15, 0.2) is 24.3 Å². The number of para-hydroxylation sites is 2. The molecule has 7 nitrogen and oxygen atoms in total. The van der Waals surface area contributed by atoms with E-state index in [-0.39, 0.29) is 24.5 Å². The SMILES string of the molecule is C[C@](O)(CC(=O)NCCNc1ccccc1[N+](=O)[O-])C(F)(F)F. The number of nitro groups is 1. The summed E-state index contributed by atoms with van der Waals surface area (Å²) in [6.07, 6.45) is -6.03. The number of nitrogens with zero attached hydrogens (tertiary/aromatic N) is 1. The van der Waals surface area contributed by atoms with Crippen molar-refractivity contribution in [3.8, 4) is 0 Å². The first kappa shape index (κ1) is 18.7. The van der Waals surface area contributed by atoms with E-state index >= 15 is 0 Å². The summed E-state index contributed by atoms with van der Waals surface area (Å²) in [4.78, 5) is 21.6. The molecule has 0 aliphatic carbocycles. The quantitative estimate of drug-likeness (QED) is 0.400. The Morgan fingerprint density at radius 2 is 1.91 bits per heavy atom. The van der Waals surface area contributed by atoms with Crippen LogP contribution in [0, 0.1) is 10.1 Å². The van der Waals surface area contributed by atoms with Crippen LogP contribution in [0.2, 0.25) is 0 Å². The highest BCUT2D eigenvalue weighted by Crippen LogP contribution is 2.32. The predicted molar refractivity (Wildman–Crippen MR) is 75.9 cm³/mol. The maximum Gasteiger partial charge on any atom is 0.417 e. The van der Waals surface area contributed by atoms with Crippen molar-refractivity contribution in [3.05, 3.63) is 34.4 Å². The van der Waals surface area contributed by atoms with Crippen molar-refractivity contribution in [2.75, 3.05) is 18.4 Å². The number of rotatable bonds is 7. The molecule has 0 heterocycles. The van der Waals surface area contributed by atoms with E-state index < -0.39 is 29.0 Å². The van der Waals surface area contributed by atoms with E-state index in [1.165, 1.54) is 18.2 Å². The second kappa shape index (κ2) is 7.27. The first-order chi connectivity index (χ1) is 10.5. The van der Waals surface area contributed by atoms with Gasteiger partial charge in [-0.15, -0.1) is 0 Å². The Bertz CT molecular complexity index is 576. The first-order valence-electron chi connectivity index (χ1n) is 6.57. The molecule has 10 heteroatoms. The van der Waals surface area contributed by atoms with E-state index in [0.29, 0.717) is 6.92 Å². The minimum absolute atomic E-state index is 0.0567. The van der Waals surface area contributed by atoms with Crippen LogP contribution in [-0.2, 0) is 4.79 Å². The zero-order valence-corrected chi connectivity index (χ0v) is 12.2. The van der Waals surface area contributed by atoms with Crippen molar-refractivity contribution in [3.63, 3.8) is 0 Å². The molecule has 1 aromatic carbocycles. The van der Waals surface area contributed by atoms with E-state index in [0.717, 1.165) is 0 Å². The molecule has 0 aromatic heterocycles. The number of benzene rings is 1. The third kappa shape index (κ3) is 5.40. The summed E-state index contributed by atoms with van der Waals surface area (Å²) in [5, 5.41) is 24.9. The molecule has 1 aromatic rings. The van der Waals surface area contributed by atoms with Gasteiger partial charge in [-0.2, -0.15) is 13.2 Å². The highest BCUT2D eigenvalue weighted by Gasteiger charge is 2.50. The summed E-state index contributed by atoms with van der Waals surface area (Å²) < 4.78 is 37.3. The van der Waals surface area contributed by atoms with Gasteiger partial charge in [0.2, 0.25) is 5.91 Å². The number of aliphatic hydroxyl groups is 1. The normalized spacial score (nSPS) is 14.0. The van der Waals surface area contributed by atoms with Crippen LogP contribution in [0.1, 0.15) is 13.3 Å². The van der Waals surface area contributed by atoms with Gasteiger partial charge in [0.1, 0.15) is 5.69 Å². The Labute approximate surface area is 129 Å². The molecule has 0 bridgehead atoms. The smallest absolute Gasteiger partial charge is 0.380 e. The lowest BCUT2D eigenvalue weighted by atomic mass is 10.0. The van der Waals surface area contributed by atoms with E-state index in [4.69, 9.17) is 0 Å². The molecule has 1 rings (SSSR count). The summed E-state index contributed by atoms with van der Waals surface area (Å²) in [5.41, 5.74) is -3.03. The van der Waals surface area contributed by atoms with Gasteiger partial charge in [-0.25, -0.2) is 0 Å². The van der Waals surface area contributed by atoms with Gasteiger partial charge in [0.25, 0.3) is 5.69 Å². The van der Waals surface area contributed by atoms with Gasteiger partial charge >= 0.3 is 6.18 Å². The average molecular weight is 335 g/mol. The zero-order valence-electron chi connectivity index (χ0n) is 12.2. The number of alkyl halides is 3. The lowest BCUT2D eigenvalue weighted by molar-refractivity contribution is -0.384. The number of hydrogen-bond acceptors (Lipinski definition) is 5. The number of carbonyl (C=O) groups excluding carboxylic acids is 1. The van der Waals surface area contributed by atoms with Crippen molar-refractivity contribution >= 4 is 17.3 Å². The molecule has 0 aliphatic rings. The van der Waals surface area contributed by atoms with Crippen LogP contribution in [0.3, 0.4) is 0 Å². The predicted octanol–water partition coefficient (Wildman–Crippen LogP) is 1.83. The molecule has 0 saturated carbocycles. The van der Waals surface area contributed by atoms with E-state index in [9.17, 15) is 33.2 Å². The summed E-state index contributed by atoms with van der Waals surface area (Å²) >= 11 is 0. The van der Waals surface area contributed by atoms with Crippen molar-refractivity contribution < 1.29 is 28.0 Å².